The molecule has 1 fully saturated rings. The van der Waals surface area contributed by atoms with E-state index in [9.17, 15) is 0 Å². The fourth-order valence-electron chi connectivity index (χ4n) is 2.15. The SMILES string of the molecule is CN1CCN(c2nc(-c3ccccc3)cs2)CC1.O=C=O. The Bertz CT molecular complexity index is 586. The molecular formula is C15H17N3O2S. The highest BCUT2D eigenvalue weighted by Gasteiger charge is 2.17. The smallest absolute Gasteiger partial charge is 0.346 e. The molecule has 6 heteroatoms. The zero-order valence-corrected chi connectivity index (χ0v) is 12.7. The number of carbonyl (C=O) groups excluding carboxylic acids is 2. The summed E-state index contributed by atoms with van der Waals surface area (Å²) >= 11 is 1.75. The quantitative estimate of drug-likeness (QED) is 0.849. The van der Waals surface area contributed by atoms with Gasteiger partial charge in [-0.25, -0.2) is 4.98 Å². The van der Waals surface area contributed by atoms with Crippen molar-refractivity contribution in [2.75, 3.05) is 38.1 Å². The third-order valence-electron chi connectivity index (χ3n) is 3.34. The molecule has 0 N–H and O–H groups in total. The number of aromatic nitrogens is 1. The Hall–Kier alpha value is -2.01. The van der Waals surface area contributed by atoms with Crippen LogP contribution in [-0.4, -0.2) is 49.3 Å². The van der Waals surface area contributed by atoms with Gasteiger partial charge in [-0.1, -0.05) is 30.3 Å². The molecule has 0 atom stereocenters. The second-order valence-corrected chi connectivity index (χ2v) is 5.59. The van der Waals surface area contributed by atoms with Crippen LogP contribution in [-0.2, 0) is 9.59 Å². The van der Waals surface area contributed by atoms with E-state index < -0.39 is 0 Å². The molecule has 0 bridgehead atoms. The molecule has 0 radical (unpaired) electrons. The summed E-state index contributed by atoms with van der Waals surface area (Å²) in [6, 6.07) is 10.4. The number of thiazole rings is 1. The molecule has 3 rings (SSSR count). The predicted octanol–water partition coefficient (Wildman–Crippen LogP) is 1.98. The first-order valence-corrected chi connectivity index (χ1v) is 7.56. The molecule has 21 heavy (non-hydrogen) atoms. The molecule has 0 spiro atoms. The minimum atomic E-state index is 0.250. The van der Waals surface area contributed by atoms with Gasteiger partial charge in [0.05, 0.1) is 5.69 Å². The number of piperazine rings is 1. The van der Waals surface area contributed by atoms with Crippen LogP contribution >= 0.6 is 11.3 Å². The van der Waals surface area contributed by atoms with Gasteiger partial charge in [-0.3, -0.25) is 0 Å². The van der Waals surface area contributed by atoms with E-state index in [0.29, 0.717) is 0 Å². The van der Waals surface area contributed by atoms with Gasteiger partial charge < -0.3 is 9.80 Å². The van der Waals surface area contributed by atoms with Crippen LogP contribution in [0.5, 0.6) is 0 Å². The van der Waals surface area contributed by atoms with Gasteiger partial charge in [-0.15, -0.1) is 11.3 Å². The summed E-state index contributed by atoms with van der Waals surface area (Å²) in [4.78, 5) is 25.8. The number of likely N-dealkylation sites (N-methyl/N-ethyl adjacent to an activating group) is 1. The fourth-order valence-corrected chi connectivity index (χ4v) is 3.04. The van der Waals surface area contributed by atoms with Crippen LogP contribution in [0.15, 0.2) is 35.7 Å². The molecule has 0 unspecified atom stereocenters. The molecule has 110 valence electrons. The van der Waals surface area contributed by atoms with Crippen molar-refractivity contribution in [3.63, 3.8) is 0 Å². The lowest BCUT2D eigenvalue weighted by Crippen LogP contribution is -2.44. The second kappa shape index (κ2) is 7.69. The average Bonchev–Trinajstić information content (AvgIpc) is 3.00. The van der Waals surface area contributed by atoms with Gasteiger partial charge in [-0.05, 0) is 7.05 Å². The van der Waals surface area contributed by atoms with Gasteiger partial charge in [0.1, 0.15) is 0 Å². The van der Waals surface area contributed by atoms with Crippen molar-refractivity contribution in [3.8, 4) is 11.3 Å². The minimum Gasteiger partial charge on any atom is -0.346 e. The van der Waals surface area contributed by atoms with Crippen molar-refractivity contribution in [2.24, 2.45) is 0 Å². The van der Waals surface area contributed by atoms with Crippen molar-refractivity contribution >= 4 is 22.6 Å². The first kappa shape index (κ1) is 15.4. The van der Waals surface area contributed by atoms with Gasteiger partial charge >= 0.3 is 6.15 Å². The van der Waals surface area contributed by atoms with E-state index in [1.807, 2.05) is 6.07 Å². The lowest BCUT2D eigenvalue weighted by atomic mass is 10.2. The predicted molar refractivity (Wildman–Crippen MR) is 82.3 cm³/mol. The van der Waals surface area contributed by atoms with E-state index >= 15 is 0 Å². The number of anilines is 1. The Morgan fingerprint density at radius 1 is 1.10 bits per heavy atom. The van der Waals surface area contributed by atoms with Crippen LogP contribution in [0, 0.1) is 0 Å². The molecule has 2 aromatic rings. The Morgan fingerprint density at radius 3 is 2.33 bits per heavy atom. The lowest BCUT2D eigenvalue weighted by Gasteiger charge is -2.32. The molecule has 1 aliphatic heterocycles. The van der Waals surface area contributed by atoms with Gasteiger partial charge in [-0.2, -0.15) is 9.59 Å². The van der Waals surface area contributed by atoms with Crippen molar-refractivity contribution in [1.29, 1.82) is 0 Å². The highest BCUT2D eigenvalue weighted by molar-refractivity contribution is 7.14. The molecule has 1 aromatic carbocycles. The molecule has 5 nitrogen and oxygen atoms in total. The molecular weight excluding hydrogens is 286 g/mol. The van der Waals surface area contributed by atoms with Crippen molar-refractivity contribution < 1.29 is 9.59 Å². The van der Waals surface area contributed by atoms with Crippen molar-refractivity contribution in [1.82, 2.24) is 9.88 Å². The summed E-state index contributed by atoms with van der Waals surface area (Å²) in [5.41, 5.74) is 2.30. The fraction of sp³-hybridized carbons (Fsp3) is 0.333. The Morgan fingerprint density at radius 2 is 1.71 bits per heavy atom. The summed E-state index contributed by atoms with van der Waals surface area (Å²) in [6.07, 6.45) is 0.250. The van der Waals surface area contributed by atoms with E-state index in [4.69, 9.17) is 14.6 Å². The van der Waals surface area contributed by atoms with E-state index in [0.717, 1.165) is 37.0 Å². The highest BCUT2D eigenvalue weighted by atomic mass is 32.1. The van der Waals surface area contributed by atoms with Crippen LogP contribution in [0.4, 0.5) is 5.13 Å². The average molecular weight is 303 g/mol. The number of nitrogens with zero attached hydrogens (tertiary/aromatic N) is 3. The third-order valence-corrected chi connectivity index (χ3v) is 4.24. The maximum Gasteiger partial charge on any atom is 0.373 e. The number of benzene rings is 1. The van der Waals surface area contributed by atoms with E-state index in [2.05, 4.69) is 46.5 Å². The van der Waals surface area contributed by atoms with Crippen LogP contribution in [0.2, 0.25) is 0 Å². The summed E-state index contributed by atoms with van der Waals surface area (Å²) in [6.45, 7) is 4.41. The Labute approximate surface area is 127 Å². The molecule has 0 aliphatic carbocycles. The maximum atomic E-state index is 8.12. The third kappa shape index (κ3) is 4.23. The van der Waals surface area contributed by atoms with Crippen LogP contribution < -0.4 is 4.90 Å². The molecule has 0 saturated carbocycles. The zero-order chi connectivity index (χ0) is 15.1. The van der Waals surface area contributed by atoms with E-state index in [1.165, 1.54) is 5.56 Å². The topological polar surface area (TPSA) is 53.5 Å². The normalized spacial score (nSPS) is 15.0. The summed E-state index contributed by atoms with van der Waals surface area (Å²) in [5.74, 6) is 0. The van der Waals surface area contributed by atoms with Crippen molar-refractivity contribution in [2.45, 2.75) is 0 Å². The monoisotopic (exact) mass is 303 g/mol. The van der Waals surface area contributed by atoms with Crippen LogP contribution in [0.3, 0.4) is 0 Å². The second-order valence-electron chi connectivity index (χ2n) is 4.76. The minimum absolute atomic E-state index is 0.250. The molecule has 1 aliphatic rings. The molecule has 0 amide bonds. The van der Waals surface area contributed by atoms with Gasteiger partial charge in [0, 0.05) is 37.1 Å². The zero-order valence-electron chi connectivity index (χ0n) is 11.9. The number of rotatable bonds is 2. The maximum absolute atomic E-state index is 8.12. The van der Waals surface area contributed by atoms with Crippen LogP contribution in [0.1, 0.15) is 0 Å². The molecule has 1 aromatic heterocycles. The Balaban J connectivity index is 0.000000497. The van der Waals surface area contributed by atoms with Crippen LogP contribution in [0.25, 0.3) is 11.3 Å². The largest absolute Gasteiger partial charge is 0.373 e. The van der Waals surface area contributed by atoms with E-state index in [-0.39, 0.29) is 6.15 Å². The number of hydrogen-bond acceptors (Lipinski definition) is 6. The molecule has 1 saturated heterocycles. The summed E-state index contributed by atoms with van der Waals surface area (Å²) in [5, 5.41) is 3.31. The van der Waals surface area contributed by atoms with E-state index in [1.54, 1.807) is 11.3 Å². The summed E-state index contributed by atoms with van der Waals surface area (Å²) in [7, 11) is 2.18. The number of hydrogen-bond donors (Lipinski definition) is 0. The summed E-state index contributed by atoms with van der Waals surface area (Å²) < 4.78 is 0. The standard InChI is InChI=1S/C14H17N3S.CO2/c1-16-7-9-17(10-8-16)14-15-13(11-18-14)12-5-3-2-4-6-12;2-1-3/h2-6,11H,7-10H2,1H3;. The molecule has 2 heterocycles. The van der Waals surface area contributed by atoms with Gasteiger partial charge in [0.2, 0.25) is 0 Å². The highest BCUT2D eigenvalue weighted by Crippen LogP contribution is 2.27. The first-order valence-electron chi connectivity index (χ1n) is 6.68. The van der Waals surface area contributed by atoms with Gasteiger partial charge in [0.25, 0.3) is 0 Å². The first-order chi connectivity index (χ1) is 10.2. The van der Waals surface area contributed by atoms with Crippen molar-refractivity contribution in [3.05, 3.63) is 35.7 Å². The van der Waals surface area contributed by atoms with Gasteiger partial charge in [0.15, 0.2) is 5.13 Å². The Kier molecular flexibility index (Phi) is 5.63. The lowest BCUT2D eigenvalue weighted by molar-refractivity contribution is -0.191.